The molecule has 1 N–H and O–H groups in total. The van der Waals surface area contributed by atoms with Crippen molar-refractivity contribution in [3.8, 4) is 0 Å². The number of esters is 1. The number of furan rings is 1. The zero-order chi connectivity index (χ0) is 23.2. The van der Waals surface area contributed by atoms with Gasteiger partial charge in [-0.05, 0) is 43.6 Å². The zero-order valence-corrected chi connectivity index (χ0v) is 19.3. The van der Waals surface area contributed by atoms with E-state index in [1.165, 1.54) is 49.0 Å². The first kappa shape index (κ1) is 24.9. The monoisotopic (exact) mass is 472 g/mol. The van der Waals surface area contributed by atoms with Crippen LogP contribution in [0.5, 0.6) is 0 Å². The van der Waals surface area contributed by atoms with Gasteiger partial charge in [0.2, 0.25) is 15.9 Å². The minimum absolute atomic E-state index is 0.00780. The van der Waals surface area contributed by atoms with E-state index in [4.69, 9.17) is 4.42 Å². The van der Waals surface area contributed by atoms with E-state index in [1.54, 1.807) is 6.92 Å². The van der Waals surface area contributed by atoms with Gasteiger partial charge in [-0.25, -0.2) is 17.6 Å². The molecule has 0 aliphatic rings. The van der Waals surface area contributed by atoms with Gasteiger partial charge in [-0.3, -0.25) is 4.79 Å². The van der Waals surface area contributed by atoms with E-state index in [-0.39, 0.29) is 18.5 Å². The Hall–Kier alpha value is -2.37. The fraction of sp³-hybridized carbons (Fsp3) is 0.400. The number of nitrogens with zero attached hydrogens (tertiary/aromatic N) is 1. The Morgan fingerprint density at radius 3 is 2.61 bits per heavy atom. The molecule has 0 aliphatic carbocycles. The van der Waals surface area contributed by atoms with E-state index < -0.39 is 38.7 Å². The average Bonchev–Trinajstić information content (AvgIpc) is 3.09. The van der Waals surface area contributed by atoms with Gasteiger partial charge in [-0.15, -0.1) is 0 Å². The Morgan fingerprint density at radius 2 is 2.00 bits per heavy atom. The quantitative estimate of drug-likeness (QED) is 0.530. The molecule has 11 heteroatoms. The van der Waals surface area contributed by atoms with Crippen LogP contribution in [-0.4, -0.2) is 57.4 Å². The smallest absolute Gasteiger partial charge is 0.341 e. The van der Waals surface area contributed by atoms with Crippen molar-refractivity contribution in [2.45, 2.75) is 30.8 Å². The summed E-state index contributed by atoms with van der Waals surface area (Å²) < 4.78 is 51.9. The molecular weight excluding hydrogens is 447 g/mol. The number of halogens is 1. The van der Waals surface area contributed by atoms with Crippen LogP contribution in [0.4, 0.5) is 4.39 Å². The minimum Gasteiger partial charge on any atom is -0.465 e. The highest BCUT2D eigenvalue weighted by molar-refractivity contribution is 7.98. The van der Waals surface area contributed by atoms with Gasteiger partial charge in [0.1, 0.15) is 33.8 Å². The van der Waals surface area contributed by atoms with Crippen LogP contribution in [0.3, 0.4) is 0 Å². The topological polar surface area (TPSA) is 106 Å². The summed E-state index contributed by atoms with van der Waals surface area (Å²) in [6.45, 7) is 1.61. The normalized spacial score (nSPS) is 12.4. The summed E-state index contributed by atoms with van der Waals surface area (Å²) in [6, 6.07) is 5.34. The molecule has 0 fully saturated rings. The third kappa shape index (κ3) is 6.31. The van der Waals surface area contributed by atoms with Crippen LogP contribution < -0.4 is 4.72 Å². The van der Waals surface area contributed by atoms with Crippen molar-refractivity contribution in [1.29, 1.82) is 0 Å². The van der Waals surface area contributed by atoms with Crippen LogP contribution in [0.15, 0.2) is 39.6 Å². The van der Waals surface area contributed by atoms with Crippen LogP contribution in [-0.2, 0) is 26.1 Å². The number of nitrogens with one attached hydrogen (secondary N) is 1. The number of amides is 1. The number of carbonyl (C=O) groups is 2. The number of hydrogen-bond acceptors (Lipinski definition) is 7. The molecule has 8 nitrogen and oxygen atoms in total. The maximum absolute atomic E-state index is 14.0. The van der Waals surface area contributed by atoms with Crippen LogP contribution >= 0.6 is 11.8 Å². The summed E-state index contributed by atoms with van der Waals surface area (Å²) in [5, 5.41) is 0. The molecule has 2 aromatic rings. The van der Waals surface area contributed by atoms with Gasteiger partial charge in [0, 0.05) is 7.05 Å². The van der Waals surface area contributed by atoms with Gasteiger partial charge in [0.05, 0.1) is 13.7 Å². The summed E-state index contributed by atoms with van der Waals surface area (Å²) in [4.78, 5) is 25.5. The van der Waals surface area contributed by atoms with Crippen molar-refractivity contribution in [3.05, 3.63) is 53.2 Å². The lowest BCUT2D eigenvalue weighted by Crippen LogP contribution is -2.47. The molecule has 1 aromatic carbocycles. The van der Waals surface area contributed by atoms with Crippen molar-refractivity contribution in [3.63, 3.8) is 0 Å². The first-order chi connectivity index (χ1) is 14.6. The number of likely N-dealkylation sites (N-methyl/N-ethyl adjacent to an activating group) is 1. The molecule has 170 valence electrons. The maximum Gasteiger partial charge on any atom is 0.341 e. The second-order valence-corrected chi connectivity index (χ2v) is 9.42. The Balaban J connectivity index is 2.20. The van der Waals surface area contributed by atoms with Crippen LogP contribution in [0.2, 0.25) is 0 Å². The van der Waals surface area contributed by atoms with Crippen molar-refractivity contribution < 1.29 is 31.6 Å². The van der Waals surface area contributed by atoms with Gasteiger partial charge in [0.25, 0.3) is 0 Å². The molecule has 1 aromatic heterocycles. The Labute approximate surface area is 185 Å². The number of carbonyl (C=O) groups excluding carboxylic acids is 2. The SMILES string of the molecule is COC(=O)c1cc(CN(C)C(=O)C(CCSC)NS(=O)(=O)c2ccccc2F)oc1C. The highest BCUT2D eigenvalue weighted by Gasteiger charge is 2.29. The number of thioether (sulfide) groups is 1. The molecule has 2 rings (SSSR count). The highest BCUT2D eigenvalue weighted by Crippen LogP contribution is 2.19. The molecule has 0 saturated heterocycles. The average molecular weight is 473 g/mol. The van der Waals surface area contributed by atoms with Gasteiger partial charge < -0.3 is 14.1 Å². The molecule has 1 unspecified atom stereocenters. The van der Waals surface area contributed by atoms with Crippen LogP contribution in [0.25, 0.3) is 0 Å². The first-order valence-corrected chi connectivity index (χ1v) is 12.2. The second kappa shape index (κ2) is 10.8. The van der Waals surface area contributed by atoms with Gasteiger partial charge in [-0.2, -0.15) is 16.5 Å². The molecular formula is C20H25FN2O6S2. The van der Waals surface area contributed by atoms with Gasteiger partial charge >= 0.3 is 5.97 Å². The number of rotatable bonds is 10. The largest absolute Gasteiger partial charge is 0.465 e. The molecule has 0 radical (unpaired) electrons. The molecule has 1 atom stereocenters. The molecule has 0 spiro atoms. The molecule has 31 heavy (non-hydrogen) atoms. The number of hydrogen-bond donors (Lipinski definition) is 1. The van der Waals surface area contributed by atoms with E-state index in [0.29, 0.717) is 17.3 Å². The Morgan fingerprint density at radius 1 is 1.32 bits per heavy atom. The summed E-state index contributed by atoms with van der Waals surface area (Å²) in [6.07, 6.45) is 2.04. The summed E-state index contributed by atoms with van der Waals surface area (Å²) >= 11 is 1.45. The number of ether oxygens (including phenoxy) is 1. The standard InChI is InChI=1S/C20H25FN2O6S2/c1-13-15(20(25)28-3)11-14(29-13)12-23(2)19(24)17(9-10-30-4)22-31(26,27)18-8-6-5-7-16(18)21/h5-8,11,17,22H,9-10,12H2,1-4H3. The number of benzene rings is 1. The number of sulfonamides is 1. The Bertz CT molecular complexity index is 1040. The van der Waals surface area contributed by atoms with Crippen molar-refractivity contribution in [2.24, 2.45) is 0 Å². The summed E-state index contributed by atoms with van der Waals surface area (Å²) in [5.41, 5.74) is 0.248. The third-order valence-corrected chi connectivity index (χ3v) is 6.62. The molecule has 1 heterocycles. The fourth-order valence-corrected chi connectivity index (χ4v) is 4.67. The van der Waals surface area contributed by atoms with E-state index in [0.717, 1.165) is 12.1 Å². The first-order valence-electron chi connectivity index (χ1n) is 9.29. The minimum atomic E-state index is -4.26. The lowest BCUT2D eigenvalue weighted by molar-refractivity contribution is -0.132. The Kier molecular flexibility index (Phi) is 8.66. The molecule has 0 saturated carbocycles. The lowest BCUT2D eigenvalue weighted by atomic mass is 10.2. The van der Waals surface area contributed by atoms with Crippen molar-refractivity contribution >= 4 is 33.7 Å². The second-order valence-electron chi connectivity index (χ2n) is 6.75. The summed E-state index contributed by atoms with van der Waals surface area (Å²) in [7, 11) is -1.52. The van der Waals surface area contributed by atoms with Crippen molar-refractivity contribution in [2.75, 3.05) is 26.2 Å². The number of aryl methyl sites for hydroxylation is 1. The zero-order valence-electron chi connectivity index (χ0n) is 17.7. The molecule has 0 aliphatic heterocycles. The summed E-state index contributed by atoms with van der Waals surface area (Å²) in [5.74, 6) is -0.771. The highest BCUT2D eigenvalue weighted by atomic mass is 32.2. The van der Waals surface area contributed by atoms with E-state index in [1.807, 2.05) is 6.26 Å². The predicted octanol–water partition coefficient (Wildman–Crippen LogP) is 2.57. The van der Waals surface area contributed by atoms with Crippen LogP contribution in [0.1, 0.15) is 28.3 Å². The maximum atomic E-state index is 14.0. The van der Waals surface area contributed by atoms with E-state index >= 15 is 0 Å². The molecule has 1 amide bonds. The van der Waals surface area contributed by atoms with Crippen molar-refractivity contribution in [1.82, 2.24) is 9.62 Å². The number of methoxy groups -OCH3 is 1. The lowest BCUT2D eigenvalue weighted by Gasteiger charge is -2.24. The van der Waals surface area contributed by atoms with E-state index in [9.17, 15) is 22.4 Å². The van der Waals surface area contributed by atoms with Gasteiger partial charge in [0.15, 0.2) is 0 Å². The third-order valence-electron chi connectivity index (χ3n) is 4.48. The fourth-order valence-electron chi connectivity index (χ4n) is 2.89. The predicted molar refractivity (Wildman–Crippen MR) is 115 cm³/mol. The molecule has 0 bridgehead atoms. The van der Waals surface area contributed by atoms with Gasteiger partial charge in [-0.1, -0.05) is 12.1 Å². The van der Waals surface area contributed by atoms with E-state index in [2.05, 4.69) is 9.46 Å². The van der Waals surface area contributed by atoms with Crippen LogP contribution in [0, 0.1) is 12.7 Å².